The number of pyridine rings is 1. The number of benzene rings is 2. The molecule has 2 aromatic carbocycles. The van der Waals surface area contributed by atoms with E-state index in [1.807, 2.05) is 54.7 Å². The lowest BCUT2D eigenvalue weighted by Gasteiger charge is -2.16. The van der Waals surface area contributed by atoms with Crippen molar-refractivity contribution in [1.82, 2.24) is 4.98 Å². The first-order valence-electron chi connectivity index (χ1n) is 8.42. The third kappa shape index (κ3) is 3.74. The average molecular weight is 363 g/mol. The minimum Gasteiger partial charge on any atom is -0.295 e. The highest BCUT2D eigenvalue weighted by atomic mass is 28.3. The van der Waals surface area contributed by atoms with Gasteiger partial charge in [-0.3, -0.25) is 9.87 Å². The predicted molar refractivity (Wildman–Crippen MR) is 106 cm³/mol. The Labute approximate surface area is 154 Å². The molecule has 0 fully saturated rings. The second-order valence-electron chi connectivity index (χ2n) is 7.19. The molecule has 0 atom stereocenters. The van der Waals surface area contributed by atoms with Gasteiger partial charge in [-0.25, -0.2) is 4.79 Å². The fourth-order valence-electron chi connectivity index (χ4n) is 2.80. The van der Waals surface area contributed by atoms with Crippen LogP contribution in [0.3, 0.4) is 0 Å². The van der Waals surface area contributed by atoms with Crippen molar-refractivity contribution < 1.29 is 14.9 Å². The van der Waals surface area contributed by atoms with Gasteiger partial charge in [0.05, 0.1) is 19.3 Å². The maximum absolute atomic E-state index is 11.9. The third-order valence-corrected chi connectivity index (χ3v) is 6.36. The lowest BCUT2D eigenvalue weighted by molar-refractivity contribution is -0.182. The SMILES string of the molecule is C[Si](C)(C)c1ccc(-c2ccc(C(=O)OO)c(-c3ccccc3)c2)nc1. The van der Waals surface area contributed by atoms with Crippen LogP contribution >= 0.6 is 0 Å². The van der Waals surface area contributed by atoms with Crippen LogP contribution in [0.2, 0.25) is 19.6 Å². The molecule has 0 bridgehead atoms. The Morgan fingerprint density at radius 1 is 0.962 bits per heavy atom. The van der Waals surface area contributed by atoms with Gasteiger partial charge in [-0.15, -0.1) is 0 Å². The van der Waals surface area contributed by atoms with Gasteiger partial charge >= 0.3 is 5.97 Å². The van der Waals surface area contributed by atoms with Gasteiger partial charge in [0.2, 0.25) is 0 Å². The fourth-order valence-corrected chi connectivity index (χ4v) is 3.83. The van der Waals surface area contributed by atoms with E-state index in [4.69, 9.17) is 5.26 Å². The number of rotatable bonds is 4. The zero-order valence-corrected chi connectivity index (χ0v) is 16.1. The van der Waals surface area contributed by atoms with Crippen molar-refractivity contribution in [2.45, 2.75) is 19.6 Å². The van der Waals surface area contributed by atoms with E-state index >= 15 is 0 Å². The van der Waals surface area contributed by atoms with Gasteiger partial charge < -0.3 is 0 Å². The molecule has 0 radical (unpaired) electrons. The van der Waals surface area contributed by atoms with Gasteiger partial charge in [-0.2, -0.15) is 5.26 Å². The van der Waals surface area contributed by atoms with E-state index in [9.17, 15) is 4.79 Å². The van der Waals surface area contributed by atoms with Gasteiger partial charge in [0.25, 0.3) is 0 Å². The van der Waals surface area contributed by atoms with E-state index in [-0.39, 0.29) is 0 Å². The highest BCUT2D eigenvalue weighted by molar-refractivity contribution is 6.88. The van der Waals surface area contributed by atoms with Crippen molar-refractivity contribution >= 4 is 19.2 Å². The summed E-state index contributed by atoms with van der Waals surface area (Å²) in [7, 11) is -1.40. The molecule has 0 amide bonds. The summed E-state index contributed by atoms with van der Waals surface area (Å²) in [5, 5.41) is 10.1. The first-order chi connectivity index (χ1) is 12.4. The molecule has 132 valence electrons. The second kappa shape index (κ2) is 7.23. The highest BCUT2D eigenvalue weighted by Gasteiger charge is 2.18. The van der Waals surface area contributed by atoms with Crippen molar-refractivity contribution in [2.24, 2.45) is 0 Å². The molecule has 0 aliphatic rings. The van der Waals surface area contributed by atoms with Gasteiger partial charge in [0.15, 0.2) is 0 Å². The van der Waals surface area contributed by atoms with E-state index in [0.717, 1.165) is 16.8 Å². The lowest BCUT2D eigenvalue weighted by Crippen LogP contribution is -2.37. The maximum atomic E-state index is 11.9. The topological polar surface area (TPSA) is 59.4 Å². The molecule has 0 saturated carbocycles. The summed E-state index contributed by atoms with van der Waals surface area (Å²) >= 11 is 0. The summed E-state index contributed by atoms with van der Waals surface area (Å²) in [5.41, 5.74) is 3.61. The van der Waals surface area contributed by atoms with Crippen LogP contribution in [0.1, 0.15) is 10.4 Å². The molecule has 1 aromatic heterocycles. The predicted octanol–water partition coefficient (Wildman–Crippen LogP) is 4.59. The minimum absolute atomic E-state index is 0.307. The molecule has 0 saturated heterocycles. The summed E-state index contributed by atoms with van der Waals surface area (Å²) < 4.78 is 0. The largest absolute Gasteiger partial charge is 0.373 e. The van der Waals surface area contributed by atoms with Crippen LogP contribution in [-0.4, -0.2) is 24.3 Å². The van der Waals surface area contributed by atoms with Crippen LogP contribution in [0.4, 0.5) is 0 Å². The summed E-state index contributed by atoms with van der Waals surface area (Å²) in [6, 6.07) is 19.1. The van der Waals surface area contributed by atoms with Crippen molar-refractivity contribution in [2.75, 3.05) is 0 Å². The Hall–Kier alpha value is -2.76. The van der Waals surface area contributed by atoms with Crippen LogP contribution in [-0.2, 0) is 4.89 Å². The zero-order chi connectivity index (χ0) is 18.7. The number of nitrogens with zero attached hydrogens (tertiary/aromatic N) is 1. The standard InChI is InChI=1S/C21H21NO3Si/c1-26(2,3)17-10-12-20(22-14-17)16-9-11-18(21(23)25-24)19(13-16)15-7-5-4-6-8-15/h4-14,24H,1-3H3. The third-order valence-electron chi connectivity index (χ3n) is 4.33. The molecule has 0 aliphatic heterocycles. The number of carbonyl (C=O) groups excluding carboxylic acids is 1. The van der Waals surface area contributed by atoms with Crippen LogP contribution in [0.25, 0.3) is 22.4 Å². The minimum atomic E-state index is -1.40. The molecule has 0 spiro atoms. The molecule has 1 N–H and O–H groups in total. The van der Waals surface area contributed by atoms with Gasteiger partial charge in [0.1, 0.15) is 0 Å². The van der Waals surface area contributed by atoms with Gasteiger partial charge in [-0.05, 0) is 34.5 Å². The van der Waals surface area contributed by atoms with Gasteiger partial charge in [0, 0.05) is 11.8 Å². The molecular weight excluding hydrogens is 342 g/mol. The fraction of sp³-hybridized carbons (Fsp3) is 0.143. The van der Waals surface area contributed by atoms with E-state index in [1.54, 1.807) is 6.07 Å². The normalized spacial score (nSPS) is 11.2. The van der Waals surface area contributed by atoms with E-state index in [0.29, 0.717) is 11.1 Å². The molecule has 26 heavy (non-hydrogen) atoms. The first kappa shape index (κ1) is 18.0. The number of carbonyl (C=O) groups is 1. The maximum Gasteiger partial charge on any atom is 0.373 e. The van der Waals surface area contributed by atoms with Crippen LogP contribution < -0.4 is 5.19 Å². The Balaban J connectivity index is 2.08. The summed E-state index contributed by atoms with van der Waals surface area (Å²) in [6.07, 6.45) is 1.94. The quantitative estimate of drug-likeness (QED) is 0.418. The average Bonchev–Trinajstić information content (AvgIpc) is 2.67. The molecule has 5 heteroatoms. The molecule has 0 aliphatic carbocycles. The lowest BCUT2D eigenvalue weighted by atomic mass is 9.96. The number of hydrogen-bond donors (Lipinski definition) is 1. The first-order valence-corrected chi connectivity index (χ1v) is 11.9. The molecule has 4 nitrogen and oxygen atoms in total. The van der Waals surface area contributed by atoms with Crippen LogP contribution in [0.5, 0.6) is 0 Å². The Bertz CT molecular complexity index is 916. The van der Waals surface area contributed by atoms with E-state index in [2.05, 4.69) is 35.6 Å². The van der Waals surface area contributed by atoms with Crippen molar-refractivity contribution in [3.05, 3.63) is 72.4 Å². The Kier molecular flexibility index (Phi) is 5.02. The molecule has 3 rings (SSSR count). The molecular formula is C21H21NO3Si. The Morgan fingerprint density at radius 2 is 1.69 bits per heavy atom. The Morgan fingerprint density at radius 3 is 2.27 bits per heavy atom. The van der Waals surface area contributed by atoms with Crippen LogP contribution in [0.15, 0.2) is 66.9 Å². The van der Waals surface area contributed by atoms with Crippen molar-refractivity contribution in [3.8, 4) is 22.4 Å². The highest BCUT2D eigenvalue weighted by Crippen LogP contribution is 2.29. The van der Waals surface area contributed by atoms with Crippen molar-refractivity contribution in [1.29, 1.82) is 0 Å². The smallest absolute Gasteiger partial charge is 0.295 e. The summed E-state index contributed by atoms with van der Waals surface area (Å²) in [5.74, 6) is -0.780. The number of aromatic nitrogens is 1. The van der Waals surface area contributed by atoms with E-state index in [1.165, 1.54) is 5.19 Å². The molecule has 1 heterocycles. The molecule has 3 aromatic rings. The summed E-state index contributed by atoms with van der Waals surface area (Å²) in [4.78, 5) is 20.5. The van der Waals surface area contributed by atoms with Crippen molar-refractivity contribution in [3.63, 3.8) is 0 Å². The van der Waals surface area contributed by atoms with Gasteiger partial charge in [-0.1, -0.05) is 62.1 Å². The van der Waals surface area contributed by atoms with Crippen LogP contribution in [0, 0.1) is 0 Å². The monoisotopic (exact) mass is 363 g/mol. The number of hydrogen-bond acceptors (Lipinski definition) is 4. The second-order valence-corrected chi connectivity index (χ2v) is 12.3. The zero-order valence-electron chi connectivity index (χ0n) is 15.1. The molecule has 0 unspecified atom stereocenters. The van der Waals surface area contributed by atoms with E-state index < -0.39 is 14.0 Å². The summed E-state index contributed by atoms with van der Waals surface area (Å²) in [6.45, 7) is 6.85.